The van der Waals surface area contributed by atoms with Crippen LogP contribution in [0.5, 0.6) is 5.75 Å². The minimum Gasteiger partial charge on any atom is -0.497 e. The van der Waals surface area contributed by atoms with Crippen LogP contribution in [-0.4, -0.2) is 57.7 Å². The van der Waals surface area contributed by atoms with Crippen molar-refractivity contribution >= 4 is 0 Å². The molecular formula is C17H10F15N3O. The molecule has 1 aromatic heterocycles. The van der Waals surface area contributed by atoms with E-state index in [2.05, 4.69) is 10.1 Å². The molecular weight excluding hydrogens is 547 g/mol. The van der Waals surface area contributed by atoms with Gasteiger partial charge in [0, 0.05) is 12.6 Å². The van der Waals surface area contributed by atoms with E-state index >= 15 is 0 Å². The Morgan fingerprint density at radius 1 is 0.639 bits per heavy atom. The third kappa shape index (κ3) is 3.89. The Kier molecular flexibility index (Phi) is 6.78. The first-order valence-electron chi connectivity index (χ1n) is 8.81. The first-order valence-corrected chi connectivity index (χ1v) is 8.81. The van der Waals surface area contributed by atoms with E-state index in [0.29, 0.717) is 0 Å². The Labute approximate surface area is 189 Å². The van der Waals surface area contributed by atoms with E-state index in [0.717, 1.165) is 19.2 Å². The Bertz CT molecular complexity index is 1090. The van der Waals surface area contributed by atoms with E-state index in [-0.39, 0.29) is 16.0 Å². The van der Waals surface area contributed by atoms with Gasteiger partial charge in [-0.15, -0.1) is 5.10 Å². The predicted octanol–water partition coefficient (Wildman–Crippen LogP) is 6.32. The van der Waals surface area contributed by atoms with E-state index in [1.807, 2.05) is 0 Å². The van der Waals surface area contributed by atoms with Crippen LogP contribution in [0.15, 0.2) is 24.3 Å². The molecule has 0 unspecified atom stereocenters. The van der Waals surface area contributed by atoms with Gasteiger partial charge >= 0.3 is 41.7 Å². The SMILES string of the molecule is COc1ccc(-c2nc(C(F)(F)C(F)(F)C(F)(F)C(F)(F)C(F)(F)C(F)(F)C(F)(F)F)nn2C)cc1. The second-order valence-corrected chi connectivity index (χ2v) is 7.06. The van der Waals surface area contributed by atoms with Crippen molar-refractivity contribution in [3.8, 4) is 17.1 Å². The Balaban J connectivity index is 2.61. The average Bonchev–Trinajstić information content (AvgIpc) is 3.14. The van der Waals surface area contributed by atoms with Gasteiger partial charge in [-0.2, -0.15) is 65.9 Å². The van der Waals surface area contributed by atoms with Crippen LogP contribution in [0.4, 0.5) is 65.9 Å². The smallest absolute Gasteiger partial charge is 0.460 e. The van der Waals surface area contributed by atoms with Gasteiger partial charge in [0.15, 0.2) is 5.82 Å². The number of nitrogens with zero attached hydrogens (tertiary/aromatic N) is 3. The highest BCUT2D eigenvalue weighted by atomic mass is 19.4. The second-order valence-electron chi connectivity index (χ2n) is 7.06. The number of alkyl halides is 15. The molecule has 0 saturated heterocycles. The number of hydrogen-bond donors (Lipinski definition) is 0. The largest absolute Gasteiger partial charge is 0.497 e. The molecule has 0 atom stereocenters. The summed E-state index contributed by atoms with van der Waals surface area (Å²) in [7, 11) is 1.94. The minimum atomic E-state index is -8.38. The van der Waals surface area contributed by atoms with E-state index < -0.39 is 53.4 Å². The average molecular weight is 557 g/mol. The number of benzene rings is 1. The van der Waals surface area contributed by atoms with Crippen LogP contribution < -0.4 is 4.74 Å². The van der Waals surface area contributed by atoms with Gasteiger partial charge in [-0.3, -0.25) is 0 Å². The maximum Gasteiger partial charge on any atom is 0.460 e. The van der Waals surface area contributed by atoms with Gasteiger partial charge < -0.3 is 4.74 Å². The molecule has 0 amide bonds. The lowest BCUT2D eigenvalue weighted by Gasteiger charge is -2.40. The third-order valence-corrected chi connectivity index (χ3v) is 4.72. The highest BCUT2D eigenvalue weighted by molar-refractivity contribution is 5.56. The molecule has 0 aliphatic rings. The molecule has 19 heteroatoms. The van der Waals surface area contributed by atoms with Gasteiger partial charge in [0.05, 0.1) is 7.11 Å². The number of aryl methyl sites for hydroxylation is 1. The van der Waals surface area contributed by atoms with Gasteiger partial charge in [0.2, 0.25) is 5.82 Å². The summed E-state index contributed by atoms with van der Waals surface area (Å²) in [6.45, 7) is 0. The summed E-state index contributed by atoms with van der Waals surface area (Å²) >= 11 is 0. The van der Waals surface area contributed by atoms with Crippen LogP contribution in [0.2, 0.25) is 0 Å². The monoisotopic (exact) mass is 557 g/mol. The normalized spacial score (nSPS) is 14.8. The van der Waals surface area contributed by atoms with Crippen LogP contribution in [0, 0.1) is 0 Å². The van der Waals surface area contributed by atoms with Crippen molar-refractivity contribution in [3.05, 3.63) is 30.1 Å². The lowest BCUT2D eigenvalue weighted by atomic mass is 9.91. The number of aromatic nitrogens is 3. The Morgan fingerprint density at radius 3 is 1.47 bits per heavy atom. The maximum atomic E-state index is 14.3. The summed E-state index contributed by atoms with van der Waals surface area (Å²) < 4.78 is 206. The van der Waals surface area contributed by atoms with Crippen molar-refractivity contribution in [2.75, 3.05) is 7.11 Å². The molecule has 1 aromatic carbocycles. The second kappa shape index (κ2) is 8.32. The molecule has 2 rings (SSSR count). The minimum absolute atomic E-state index is 0.177. The molecule has 0 fully saturated rings. The van der Waals surface area contributed by atoms with Crippen molar-refractivity contribution in [2.45, 2.75) is 41.7 Å². The quantitative estimate of drug-likeness (QED) is 0.357. The first kappa shape index (κ1) is 29.3. The summed E-state index contributed by atoms with van der Waals surface area (Å²) in [5, 5.41) is 2.66. The fourth-order valence-electron chi connectivity index (χ4n) is 2.62. The number of ether oxygens (including phenoxy) is 1. The summed E-state index contributed by atoms with van der Waals surface area (Å²) in [5.74, 6) is -50.6. The maximum absolute atomic E-state index is 14.3. The highest BCUT2D eigenvalue weighted by Gasteiger charge is 2.93. The van der Waals surface area contributed by atoms with Gasteiger partial charge in [0.1, 0.15) is 5.75 Å². The van der Waals surface area contributed by atoms with E-state index in [1.54, 1.807) is 0 Å². The van der Waals surface area contributed by atoms with Crippen molar-refractivity contribution < 1.29 is 70.6 Å². The predicted molar refractivity (Wildman–Crippen MR) is 87.7 cm³/mol. The lowest BCUT2D eigenvalue weighted by Crippen LogP contribution is -2.72. The Hall–Kier alpha value is -2.89. The van der Waals surface area contributed by atoms with E-state index in [1.165, 1.54) is 19.2 Å². The van der Waals surface area contributed by atoms with Crippen LogP contribution >= 0.6 is 0 Å². The molecule has 204 valence electrons. The number of halogens is 15. The zero-order chi connectivity index (χ0) is 28.3. The number of methoxy groups -OCH3 is 1. The summed E-state index contributed by atoms with van der Waals surface area (Å²) in [6.07, 6.45) is -7.66. The highest BCUT2D eigenvalue weighted by Crippen LogP contribution is 2.63. The van der Waals surface area contributed by atoms with Crippen LogP contribution in [0.25, 0.3) is 11.4 Å². The van der Waals surface area contributed by atoms with Crippen molar-refractivity contribution in [1.82, 2.24) is 14.8 Å². The van der Waals surface area contributed by atoms with E-state index in [9.17, 15) is 65.9 Å². The molecule has 0 saturated carbocycles. The lowest BCUT2D eigenvalue weighted by molar-refractivity contribution is -0.454. The van der Waals surface area contributed by atoms with Crippen molar-refractivity contribution in [2.24, 2.45) is 7.05 Å². The molecule has 0 N–H and O–H groups in total. The number of rotatable bonds is 8. The zero-order valence-corrected chi connectivity index (χ0v) is 17.2. The first-order chi connectivity index (χ1) is 15.9. The molecule has 0 aliphatic heterocycles. The third-order valence-electron chi connectivity index (χ3n) is 4.72. The van der Waals surface area contributed by atoms with Gasteiger partial charge in [0.25, 0.3) is 0 Å². The zero-order valence-electron chi connectivity index (χ0n) is 17.2. The Morgan fingerprint density at radius 2 is 1.06 bits per heavy atom. The summed E-state index contributed by atoms with van der Waals surface area (Å²) in [5.41, 5.74) is -0.218. The summed E-state index contributed by atoms with van der Waals surface area (Å²) in [4.78, 5) is 2.81. The van der Waals surface area contributed by atoms with Gasteiger partial charge in [-0.05, 0) is 24.3 Å². The number of hydrogen-bond acceptors (Lipinski definition) is 3. The molecule has 0 aliphatic carbocycles. The van der Waals surface area contributed by atoms with Crippen molar-refractivity contribution in [3.63, 3.8) is 0 Å². The van der Waals surface area contributed by atoms with Gasteiger partial charge in [-0.25, -0.2) is 9.67 Å². The molecule has 2 aromatic rings. The fraction of sp³-hybridized carbons (Fsp3) is 0.529. The molecule has 36 heavy (non-hydrogen) atoms. The standard InChI is InChI=1S/C17H10F15N3O/c1-35-9(7-3-5-8(36-2)6-4-7)33-10(34-35)11(18,19)12(20,21)13(22,23)14(24,25)15(26,27)16(28,29)17(30,31)32/h3-6H,1-2H3. The van der Waals surface area contributed by atoms with Crippen LogP contribution in [0.3, 0.4) is 0 Å². The van der Waals surface area contributed by atoms with Crippen LogP contribution in [-0.2, 0) is 13.0 Å². The molecule has 0 bridgehead atoms. The topological polar surface area (TPSA) is 39.9 Å². The molecule has 1 heterocycles. The molecule has 0 radical (unpaired) electrons. The van der Waals surface area contributed by atoms with Crippen molar-refractivity contribution in [1.29, 1.82) is 0 Å². The van der Waals surface area contributed by atoms with Gasteiger partial charge in [-0.1, -0.05) is 0 Å². The molecule has 4 nitrogen and oxygen atoms in total. The van der Waals surface area contributed by atoms with E-state index in [4.69, 9.17) is 4.74 Å². The fourth-order valence-corrected chi connectivity index (χ4v) is 2.62. The summed E-state index contributed by atoms with van der Waals surface area (Å²) in [6, 6.07) is 4.47. The van der Waals surface area contributed by atoms with Crippen LogP contribution in [0.1, 0.15) is 5.82 Å². The molecule has 0 spiro atoms.